The number of nitrogens with two attached hydrogens (primary N) is 1. The van der Waals surface area contributed by atoms with Crippen LogP contribution in [-0.4, -0.2) is 73.7 Å². The Labute approximate surface area is 166 Å². The topological polar surface area (TPSA) is 104 Å². The summed E-state index contributed by atoms with van der Waals surface area (Å²) in [4.78, 5) is 27.7. The molecule has 0 unspecified atom stereocenters. The monoisotopic (exact) mass is 408 g/mol. The van der Waals surface area contributed by atoms with E-state index in [1.807, 2.05) is 19.9 Å². The van der Waals surface area contributed by atoms with Crippen molar-refractivity contribution in [2.45, 2.75) is 31.6 Å². The fourth-order valence-corrected chi connectivity index (χ4v) is 5.32. The average molecular weight is 409 g/mol. The quantitative estimate of drug-likeness (QED) is 0.803. The molecule has 2 aliphatic rings. The Hall–Kier alpha value is -2.13. The molecule has 0 aliphatic carbocycles. The molecule has 0 bridgehead atoms. The minimum atomic E-state index is -3.57. The van der Waals surface area contributed by atoms with Gasteiger partial charge in [-0.2, -0.15) is 4.31 Å². The lowest BCUT2D eigenvalue weighted by Gasteiger charge is -2.38. The molecule has 3 rings (SSSR count). The summed E-state index contributed by atoms with van der Waals surface area (Å²) >= 11 is 0. The number of aryl methyl sites for hydroxylation is 2. The average Bonchev–Trinajstić information content (AvgIpc) is 2.69. The van der Waals surface area contributed by atoms with E-state index in [0.29, 0.717) is 31.1 Å². The van der Waals surface area contributed by atoms with E-state index in [2.05, 4.69) is 0 Å². The SMILES string of the molecule is Cc1ccc(S(=O)(=O)N2CCN(C(=O)[C@H]3CCCN(C(N)=O)C3)CC2)cc1C. The molecule has 2 heterocycles. The van der Waals surface area contributed by atoms with Gasteiger partial charge < -0.3 is 15.5 Å². The van der Waals surface area contributed by atoms with Crippen molar-refractivity contribution in [2.24, 2.45) is 11.7 Å². The van der Waals surface area contributed by atoms with Gasteiger partial charge in [0.1, 0.15) is 0 Å². The van der Waals surface area contributed by atoms with Crippen molar-refractivity contribution in [1.29, 1.82) is 0 Å². The fraction of sp³-hybridized carbons (Fsp3) is 0.579. The molecule has 2 aliphatic heterocycles. The second-order valence-corrected chi connectivity index (χ2v) is 9.54. The van der Waals surface area contributed by atoms with E-state index in [4.69, 9.17) is 5.73 Å². The van der Waals surface area contributed by atoms with Crippen LogP contribution in [0.25, 0.3) is 0 Å². The molecule has 28 heavy (non-hydrogen) atoms. The summed E-state index contributed by atoms with van der Waals surface area (Å²) in [5, 5.41) is 0. The second-order valence-electron chi connectivity index (χ2n) is 7.60. The molecule has 9 heteroatoms. The van der Waals surface area contributed by atoms with Gasteiger partial charge in [0.15, 0.2) is 0 Å². The van der Waals surface area contributed by atoms with Gasteiger partial charge >= 0.3 is 6.03 Å². The van der Waals surface area contributed by atoms with Gasteiger partial charge in [0.25, 0.3) is 0 Å². The molecule has 1 aromatic rings. The molecular weight excluding hydrogens is 380 g/mol. The summed E-state index contributed by atoms with van der Waals surface area (Å²) in [6, 6.07) is 4.65. The number of sulfonamides is 1. The van der Waals surface area contributed by atoms with Crippen molar-refractivity contribution in [3.05, 3.63) is 29.3 Å². The van der Waals surface area contributed by atoms with Gasteiger partial charge in [-0.25, -0.2) is 13.2 Å². The standard InChI is InChI=1S/C19H28N4O4S/c1-14-5-6-17(12-15(14)2)28(26,27)23-10-8-21(9-11-23)18(24)16-4-3-7-22(13-16)19(20)25/h5-6,12,16H,3-4,7-11,13H2,1-2H3,(H2,20,25)/t16-/m0/s1. The van der Waals surface area contributed by atoms with Gasteiger partial charge in [-0.3, -0.25) is 4.79 Å². The van der Waals surface area contributed by atoms with Crippen LogP contribution in [0.5, 0.6) is 0 Å². The molecule has 154 valence electrons. The smallest absolute Gasteiger partial charge is 0.314 e. The van der Waals surface area contributed by atoms with Crippen LogP contribution >= 0.6 is 0 Å². The molecule has 0 spiro atoms. The highest BCUT2D eigenvalue weighted by molar-refractivity contribution is 7.89. The van der Waals surface area contributed by atoms with Gasteiger partial charge in [0.05, 0.1) is 10.8 Å². The first kappa shape index (κ1) is 20.6. The third-order valence-electron chi connectivity index (χ3n) is 5.75. The Morgan fingerprint density at radius 1 is 1.00 bits per heavy atom. The Kier molecular flexibility index (Phi) is 5.95. The van der Waals surface area contributed by atoms with E-state index >= 15 is 0 Å². The highest BCUT2D eigenvalue weighted by atomic mass is 32.2. The number of hydrogen-bond donors (Lipinski definition) is 1. The largest absolute Gasteiger partial charge is 0.351 e. The molecule has 2 fully saturated rings. The molecule has 1 atom stereocenters. The number of hydrogen-bond acceptors (Lipinski definition) is 4. The first-order chi connectivity index (χ1) is 13.2. The summed E-state index contributed by atoms with van der Waals surface area (Å²) in [6.07, 6.45) is 1.48. The maximum atomic E-state index is 12.9. The van der Waals surface area contributed by atoms with Crippen LogP contribution in [0.15, 0.2) is 23.1 Å². The molecule has 2 N–H and O–H groups in total. The third-order valence-corrected chi connectivity index (χ3v) is 7.64. The Balaban J connectivity index is 1.63. The number of benzene rings is 1. The number of piperidine rings is 1. The van der Waals surface area contributed by atoms with Crippen molar-refractivity contribution in [2.75, 3.05) is 39.3 Å². The predicted octanol–water partition coefficient (Wildman–Crippen LogP) is 0.927. The lowest BCUT2D eigenvalue weighted by molar-refractivity contribution is -0.138. The van der Waals surface area contributed by atoms with Crippen molar-refractivity contribution >= 4 is 22.0 Å². The normalized spacial score (nSPS) is 21.6. The summed E-state index contributed by atoms with van der Waals surface area (Å²) in [7, 11) is -3.57. The second kappa shape index (κ2) is 8.08. The van der Waals surface area contributed by atoms with E-state index < -0.39 is 16.1 Å². The predicted molar refractivity (Wildman–Crippen MR) is 105 cm³/mol. The van der Waals surface area contributed by atoms with Crippen molar-refractivity contribution in [3.63, 3.8) is 0 Å². The van der Waals surface area contributed by atoms with Gasteiger partial charge in [-0.15, -0.1) is 0 Å². The zero-order valence-electron chi connectivity index (χ0n) is 16.4. The maximum Gasteiger partial charge on any atom is 0.314 e. The number of piperazine rings is 1. The molecular formula is C19H28N4O4S. The highest BCUT2D eigenvalue weighted by Gasteiger charge is 2.34. The zero-order valence-corrected chi connectivity index (χ0v) is 17.2. The Morgan fingerprint density at radius 3 is 2.29 bits per heavy atom. The number of primary amides is 1. The number of nitrogens with zero attached hydrogens (tertiary/aromatic N) is 3. The number of carbonyl (C=O) groups is 2. The molecule has 0 aromatic heterocycles. The van der Waals surface area contributed by atoms with Crippen molar-refractivity contribution in [3.8, 4) is 0 Å². The zero-order chi connectivity index (χ0) is 20.5. The first-order valence-corrected chi connectivity index (χ1v) is 11.0. The minimum absolute atomic E-state index is 0.0193. The van der Waals surface area contributed by atoms with Gasteiger partial charge in [-0.05, 0) is 49.9 Å². The third kappa shape index (κ3) is 4.15. The molecule has 3 amide bonds. The van der Waals surface area contributed by atoms with Crippen LogP contribution in [0.2, 0.25) is 0 Å². The van der Waals surface area contributed by atoms with Crippen LogP contribution in [0.4, 0.5) is 4.79 Å². The van der Waals surface area contributed by atoms with E-state index in [9.17, 15) is 18.0 Å². The lowest BCUT2D eigenvalue weighted by Crippen LogP contribution is -2.54. The Bertz CT molecular complexity index is 863. The summed E-state index contributed by atoms with van der Waals surface area (Å²) < 4.78 is 27.3. The van der Waals surface area contributed by atoms with Crippen LogP contribution < -0.4 is 5.73 Å². The number of likely N-dealkylation sites (tertiary alicyclic amines) is 1. The highest BCUT2D eigenvalue weighted by Crippen LogP contribution is 2.23. The molecule has 0 radical (unpaired) electrons. The minimum Gasteiger partial charge on any atom is -0.351 e. The van der Waals surface area contributed by atoms with Crippen LogP contribution in [0.1, 0.15) is 24.0 Å². The van der Waals surface area contributed by atoms with Gasteiger partial charge in [0, 0.05) is 39.3 Å². The van der Waals surface area contributed by atoms with Crippen LogP contribution in [0, 0.1) is 19.8 Å². The summed E-state index contributed by atoms with van der Waals surface area (Å²) in [6.45, 7) is 6.02. The number of rotatable bonds is 3. The summed E-state index contributed by atoms with van der Waals surface area (Å²) in [5.74, 6) is -0.279. The molecule has 0 saturated carbocycles. The fourth-order valence-electron chi connectivity index (χ4n) is 3.81. The number of carbonyl (C=O) groups excluding carboxylic acids is 2. The molecule has 2 saturated heterocycles. The maximum absolute atomic E-state index is 12.9. The van der Waals surface area contributed by atoms with Crippen molar-refractivity contribution < 1.29 is 18.0 Å². The summed E-state index contributed by atoms with van der Waals surface area (Å²) in [5.41, 5.74) is 7.32. The van der Waals surface area contributed by atoms with E-state index in [1.54, 1.807) is 17.0 Å². The van der Waals surface area contributed by atoms with E-state index in [0.717, 1.165) is 24.0 Å². The van der Waals surface area contributed by atoms with E-state index in [-0.39, 0.29) is 24.9 Å². The van der Waals surface area contributed by atoms with Crippen LogP contribution in [0.3, 0.4) is 0 Å². The molecule has 8 nitrogen and oxygen atoms in total. The van der Waals surface area contributed by atoms with Crippen LogP contribution in [-0.2, 0) is 14.8 Å². The van der Waals surface area contributed by atoms with Gasteiger partial charge in [-0.1, -0.05) is 6.07 Å². The molecule has 1 aromatic carbocycles. The van der Waals surface area contributed by atoms with Gasteiger partial charge in [0.2, 0.25) is 15.9 Å². The van der Waals surface area contributed by atoms with E-state index in [1.165, 1.54) is 9.21 Å². The number of urea groups is 1. The lowest BCUT2D eigenvalue weighted by atomic mass is 9.96. The first-order valence-electron chi connectivity index (χ1n) is 9.60. The number of amides is 3. The van der Waals surface area contributed by atoms with Crippen molar-refractivity contribution in [1.82, 2.24) is 14.1 Å². The Morgan fingerprint density at radius 2 is 1.68 bits per heavy atom.